The van der Waals surface area contributed by atoms with Gasteiger partial charge in [-0.05, 0) is 31.2 Å². The number of rotatable bonds is 3. The van der Waals surface area contributed by atoms with Gasteiger partial charge in [0.25, 0.3) is 5.91 Å². The minimum atomic E-state index is -0.587. The summed E-state index contributed by atoms with van der Waals surface area (Å²) in [7, 11) is 1.58. The fraction of sp³-hybridized carbons (Fsp3) is 0.278. The highest BCUT2D eigenvalue weighted by molar-refractivity contribution is 6.03. The molecule has 2 heterocycles. The number of carbonyl (C=O) groups excluding carboxylic acids is 2. The highest BCUT2D eigenvalue weighted by Crippen LogP contribution is 2.25. The van der Waals surface area contributed by atoms with Crippen LogP contribution < -0.4 is 15.4 Å². The Hall–Kier alpha value is -3.09. The molecule has 130 valence electrons. The van der Waals surface area contributed by atoms with Crippen molar-refractivity contribution in [1.82, 2.24) is 9.88 Å². The number of nitrogens with zero attached hydrogens (tertiary/aromatic N) is 3. The Morgan fingerprint density at radius 3 is 2.80 bits per heavy atom. The Balaban J connectivity index is 1.80. The first-order chi connectivity index (χ1) is 12.0. The van der Waals surface area contributed by atoms with Crippen molar-refractivity contribution in [2.75, 3.05) is 30.8 Å². The van der Waals surface area contributed by atoms with Gasteiger partial charge in [-0.1, -0.05) is 6.07 Å². The molecule has 3 rings (SSSR count). The standard InChI is InChI=1S/C18H20N4O3/c1-12-17(23)22(14-4-3-5-15(11-14)25-2)9-8-21(12)18(24)16-10-13(19)6-7-20-16/h3-7,10-12H,8-9H2,1-2H3,(H2,19,20)/t12-/m1/s1. The first-order valence-electron chi connectivity index (χ1n) is 7.99. The van der Waals surface area contributed by atoms with E-state index in [2.05, 4.69) is 4.98 Å². The zero-order chi connectivity index (χ0) is 18.0. The van der Waals surface area contributed by atoms with Crippen LogP contribution in [0.5, 0.6) is 5.75 Å². The van der Waals surface area contributed by atoms with Gasteiger partial charge in [0.2, 0.25) is 5.91 Å². The molecule has 1 aliphatic heterocycles. The Kier molecular flexibility index (Phi) is 4.56. The van der Waals surface area contributed by atoms with E-state index in [1.54, 1.807) is 25.0 Å². The van der Waals surface area contributed by atoms with E-state index in [0.717, 1.165) is 5.69 Å². The second-order valence-corrected chi connectivity index (χ2v) is 5.84. The van der Waals surface area contributed by atoms with Gasteiger partial charge in [0.1, 0.15) is 17.5 Å². The van der Waals surface area contributed by atoms with Crippen LogP contribution >= 0.6 is 0 Å². The predicted molar refractivity (Wildman–Crippen MR) is 94.5 cm³/mol. The zero-order valence-electron chi connectivity index (χ0n) is 14.2. The number of piperazine rings is 1. The molecule has 0 unspecified atom stereocenters. The average molecular weight is 340 g/mol. The highest BCUT2D eigenvalue weighted by atomic mass is 16.5. The number of anilines is 2. The van der Waals surface area contributed by atoms with Crippen LogP contribution in [0.3, 0.4) is 0 Å². The van der Waals surface area contributed by atoms with Gasteiger partial charge in [0.15, 0.2) is 0 Å². The minimum absolute atomic E-state index is 0.142. The molecule has 0 spiro atoms. The third kappa shape index (κ3) is 3.26. The maximum atomic E-state index is 12.8. The molecule has 0 radical (unpaired) electrons. The van der Waals surface area contributed by atoms with Crippen molar-refractivity contribution in [3.63, 3.8) is 0 Å². The number of ether oxygens (including phenoxy) is 1. The Bertz CT molecular complexity index is 808. The summed E-state index contributed by atoms with van der Waals surface area (Å²) in [5.41, 5.74) is 7.18. The number of hydrogen-bond donors (Lipinski definition) is 1. The molecule has 2 N–H and O–H groups in total. The molecule has 1 fully saturated rings. The Morgan fingerprint density at radius 2 is 2.08 bits per heavy atom. The van der Waals surface area contributed by atoms with E-state index < -0.39 is 6.04 Å². The van der Waals surface area contributed by atoms with Crippen molar-refractivity contribution in [2.45, 2.75) is 13.0 Å². The lowest BCUT2D eigenvalue weighted by molar-refractivity contribution is -0.124. The van der Waals surface area contributed by atoms with Gasteiger partial charge in [-0.3, -0.25) is 14.6 Å². The number of benzene rings is 1. The van der Waals surface area contributed by atoms with Crippen LogP contribution in [-0.4, -0.2) is 47.9 Å². The molecule has 2 aromatic rings. The fourth-order valence-electron chi connectivity index (χ4n) is 2.89. The van der Waals surface area contributed by atoms with Gasteiger partial charge in [-0.2, -0.15) is 0 Å². The molecular weight excluding hydrogens is 320 g/mol. The number of hydrogen-bond acceptors (Lipinski definition) is 5. The van der Waals surface area contributed by atoms with Gasteiger partial charge in [-0.15, -0.1) is 0 Å². The molecule has 0 saturated carbocycles. The SMILES string of the molecule is COc1cccc(N2CCN(C(=O)c3cc(N)ccn3)[C@H](C)C2=O)c1. The molecule has 25 heavy (non-hydrogen) atoms. The topological polar surface area (TPSA) is 88.8 Å². The van der Waals surface area contributed by atoms with E-state index in [-0.39, 0.29) is 17.5 Å². The van der Waals surface area contributed by atoms with Crippen LogP contribution in [0.25, 0.3) is 0 Å². The zero-order valence-corrected chi connectivity index (χ0v) is 14.2. The van der Waals surface area contributed by atoms with Crippen molar-refractivity contribution in [3.05, 3.63) is 48.3 Å². The summed E-state index contributed by atoms with van der Waals surface area (Å²) < 4.78 is 5.21. The normalized spacial score (nSPS) is 17.5. The van der Waals surface area contributed by atoms with Crippen LogP contribution in [0.1, 0.15) is 17.4 Å². The van der Waals surface area contributed by atoms with Gasteiger partial charge in [0.05, 0.1) is 7.11 Å². The van der Waals surface area contributed by atoms with E-state index in [9.17, 15) is 9.59 Å². The lowest BCUT2D eigenvalue weighted by Crippen LogP contribution is -2.57. The van der Waals surface area contributed by atoms with E-state index in [0.29, 0.717) is 24.5 Å². The van der Waals surface area contributed by atoms with E-state index in [1.807, 2.05) is 24.3 Å². The predicted octanol–water partition coefficient (Wildman–Crippen LogP) is 1.55. The molecular formula is C18H20N4O3. The number of carbonyl (C=O) groups is 2. The maximum absolute atomic E-state index is 12.8. The van der Waals surface area contributed by atoms with Crippen molar-refractivity contribution in [1.29, 1.82) is 0 Å². The molecule has 1 saturated heterocycles. The first kappa shape index (κ1) is 16.8. The number of nitrogen functional groups attached to an aromatic ring is 1. The summed E-state index contributed by atoms with van der Waals surface area (Å²) in [4.78, 5) is 32.7. The monoisotopic (exact) mass is 340 g/mol. The number of aromatic nitrogens is 1. The second kappa shape index (κ2) is 6.80. The van der Waals surface area contributed by atoms with E-state index in [4.69, 9.17) is 10.5 Å². The maximum Gasteiger partial charge on any atom is 0.273 e. The third-order valence-corrected chi connectivity index (χ3v) is 4.28. The molecule has 0 aliphatic carbocycles. The van der Waals surface area contributed by atoms with Gasteiger partial charge in [-0.25, -0.2) is 0 Å². The first-order valence-corrected chi connectivity index (χ1v) is 7.99. The molecule has 2 amide bonds. The fourth-order valence-corrected chi connectivity index (χ4v) is 2.89. The smallest absolute Gasteiger partial charge is 0.273 e. The molecule has 7 heteroatoms. The summed E-state index contributed by atoms with van der Waals surface area (Å²) in [6.45, 7) is 2.54. The van der Waals surface area contributed by atoms with Crippen molar-refractivity contribution < 1.29 is 14.3 Å². The minimum Gasteiger partial charge on any atom is -0.497 e. The average Bonchev–Trinajstić information content (AvgIpc) is 2.63. The van der Waals surface area contributed by atoms with Gasteiger partial charge < -0.3 is 20.3 Å². The summed E-state index contributed by atoms with van der Waals surface area (Å²) >= 11 is 0. The molecule has 1 atom stereocenters. The van der Waals surface area contributed by atoms with Gasteiger partial charge in [0, 0.05) is 36.7 Å². The van der Waals surface area contributed by atoms with E-state index >= 15 is 0 Å². The molecule has 1 aromatic heterocycles. The largest absolute Gasteiger partial charge is 0.497 e. The Morgan fingerprint density at radius 1 is 1.28 bits per heavy atom. The van der Waals surface area contributed by atoms with Crippen LogP contribution in [0.15, 0.2) is 42.6 Å². The van der Waals surface area contributed by atoms with E-state index in [1.165, 1.54) is 17.2 Å². The summed E-state index contributed by atoms with van der Waals surface area (Å²) in [6.07, 6.45) is 1.49. The highest BCUT2D eigenvalue weighted by Gasteiger charge is 2.35. The summed E-state index contributed by atoms with van der Waals surface area (Å²) in [5, 5.41) is 0. The van der Waals surface area contributed by atoms with Crippen molar-refractivity contribution in [3.8, 4) is 5.75 Å². The number of amides is 2. The van der Waals surface area contributed by atoms with Crippen LogP contribution in [0.2, 0.25) is 0 Å². The summed E-state index contributed by atoms with van der Waals surface area (Å²) in [6, 6.07) is 9.87. The second-order valence-electron chi connectivity index (χ2n) is 5.84. The van der Waals surface area contributed by atoms with Crippen LogP contribution in [-0.2, 0) is 4.79 Å². The third-order valence-electron chi connectivity index (χ3n) is 4.28. The lowest BCUT2D eigenvalue weighted by atomic mass is 10.1. The summed E-state index contributed by atoms with van der Waals surface area (Å²) in [5.74, 6) is 0.246. The van der Waals surface area contributed by atoms with Crippen molar-refractivity contribution >= 4 is 23.2 Å². The Labute approximate surface area is 146 Å². The molecule has 7 nitrogen and oxygen atoms in total. The number of methoxy groups -OCH3 is 1. The molecule has 1 aliphatic rings. The molecule has 0 bridgehead atoms. The van der Waals surface area contributed by atoms with Gasteiger partial charge >= 0.3 is 0 Å². The van der Waals surface area contributed by atoms with Crippen molar-refractivity contribution in [2.24, 2.45) is 0 Å². The lowest BCUT2D eigenvalue weighted by Gasteiger charge is -2.39. The number of nitrogens with two attached hydrogens (primary N) is 1. The molecule has 1 aromatic carbocycles. The quantitative estimate of drug-likeness (QED) is 0.916. The van der Waals surface area contributed by atoms with Crippen LogP contribution in [0, 0.1) is 0 Å². The van der Waals surface area contributed by atoms with Crippen LogP contribution in [0.4, 0.5) is 11.4 Å². The number of pyridine rings is 1.